The molecule has 0 bridgehead atoms. The van der Waals surface area contributed by atoms with Crippen molar-refractivity contribution in [2.24, 2.45) is 0 Å². The Morgan fingerprint density at radius 3 is 3.14 bits per heavy atom. The number of H-pyrrole nitrogens is 1. The Labute approximate surface area is 79.2 Å². The largest absolute Gasteiger partial charge is 0.394 e. The highest BCUT2D eigenvalue weighted by atomic mass is 16.3. The Hall–Kier alpha value is -1.69. The molecule has 0 saturated heterocycles. The van der Waals surface area contributed by atoms with Crippen LogP contribution in [0.5, 0.6) is 0 Å². The summed E-state index contributed by atoms with van der Waals surface area (Å²) in [6.45, 7) is 1.81. The number of aromatic amines is 1. The maximum absolute atomic E-state index is 11.3. The van der Waals surface area contributed by atoms with Crippen LogP contribution in [0, 0.1) is 0 Å². The number of imidazole rings is 1. The fraction of sp³-hybridized carbons (Fsp3) is 0.375. The molecule has 0 radical (unpaired) electrons. The van der Waals surface area contributed by atoms with E-state index in [1.54, 1.807) is 4.57 Å². The first-order valence-electron chi connectivity index (χ1n) is 4.25. The standard InChI is InChI=1S/C8H10N4O2/c1-5(2-13)12-4-11-6-7(12)9-3-10-8(6)14/h3-5,13H,2H2,1H3,(H,9,10,14). The highest BCUT2D eigenvalue weighted by molar-refractivity contribution is 5.68. The number of rotatable bonds is 2. The van der Waals surface area contributed by atoms with E-state index in [-0.39, 0.29) is 18.2 Å². The molecule has 2 aromatic heterocycles. The molecule has 1 atom stereocenters. The van der Waals surface area contributed by atoms with Crippen LogP contribution < -0.4 is 5.56 Å². The Morgan fingerprint density at radius 2 is 2.43 bits per heavy atom. The van der Waals surface area contributed by atoms with Gasteiger partial charge in [0, 0.05) is 0 Å². The van der Waals surface area contributed by atoms with Gasteiger partial charge in [-0.1, -0.05) is 0 Å². The van der Waals surface area contributed by atoms with Gasteiger partial charge in [0.25, 0.3) is 5.56 Å². The van der Waals surface area contributed by atoms with E-state index in [9.17, 15) is 4.79 Å². The van der Waals surface area contributed by atoms with Crippen LogP contribution in [0.4, 0.5) is 0 Å². The van der Waals surface area contributed by atoms with Crippen molar-refractivity contribution in [3.63, 3.8) is 0 Å². The minimum Gasteiger partial charge on any atom is -0.394 e. The minimum atomic E-state index is -0.265. The lowest BCUT2D eigenvalue weighted by atomic mass is 10.3. The fourth-order valence-corrected chi connectivity index (χ4v) is 1.27. The normalized spacial score (nSPS) is 13.3. The van der Waals surface area contributed by atoms with E-state index >= 15 is 0 Å². The van der Waals surface area contributed by atoms with E-state index in [1.165, 1.54) is 12.7 Å². The molecular weight excluding hydrogens is 184 g/mol. The van der Waals surface area contributed by atoms with Crippen molar-refractivity contribution in [3.8, 4) is 0 Å². The SMILES string of the molecule is CC(CO)n1cnc2c(=O)[nH]cnc21. The topological polar surface area (TPSA) is 83.8 Å². The molecule has 74 valence electrons. The summed E-state index contributed by atoms with van der Waals surface area (Å²) in [5.41, 5.74) is 0.530. The lowest BCUT2D eigenvalue weighted by molar-refractivity contribution is 0.241. The molecule has 2 aromatic rings. The van der Waals surface area contributed by atoms with E-state index in [0.29, 0.717) is 11.2 Å². The van der Waals surface area contributed by atoms with Crippen molar-refractivity contribution in [1.29, 1.82) is 0 Å². The lowest BCUT2D eigenvalue weighted by Gasteiger charge is -2.08. The van der Waals surface area contributed by atoms with Gasteiger partial charge in [-0.05, 0) is 6.92 Å². The van der Waals surface area contributed by atoms with E-state index in [4.69, 9.17) is 5.11 Å². The monoisotopic (exact) mass is 194 g/mol. The maximum Gasteiger partial charge on any atom is 0.278 e. The number of aromatic nitrogens is 4. The summed E-state index contributed by atoms with van der Waals surface area (Å²) in [7, 11) is 0. The molecule has 0 saturated carbocycles. The third kappa shape index (κ3) is 1.20. The number of nitrogens with zero attached hydrogens (tertiary/aromatic N) is 3. The van der Waals surface area contributed by atoms with Gasteiger partial charge >= 0.3 is 0 Å². The first-order valence-corrected chi connectivity index (χ1v) is 4.25. The molecule has 0 aromatic carbocycles. The van der Waals surface area contributed by atoms with Crippen molar-refractivity contribution < 1.29 is 5.11 Å². The maximum atomic E-state index is 11.3. The number of hydrogen-bond acceptors (Lipinski definition) is 4. The molecule has 6 heteroatoms. The van der Waals surface area contributed by atoms with Gasteiger partial charge in [0.1, 0.15) is 0 Å². The molecule has 6 nitrogen and oxygen atoms in total. The predicted molar refractivity (Wildman–Crippen MR) is 49.9 cm³/mol. The molecule has 14 heavy (non-hydrogen) atoms. The second-order valence-electron chi connectivity index (χ2n) is 3.09. The zero-order valence-corrected chi connectivity index (χ0v) is 7.64. The Morgan fingerprint density at radius 1 is 1.64 bits per heavy atom. The number of hydrogen-bond donors (Lipinski definition) is 2. The second kappa shape index (κ2) is 3.22. The van der Waals surface area contributed by atoms with Crippen LogP contribution in [0.15, 0.2) is 17.4 Å². The number of aliphatic hydroxyl groups excluding tert-OH is 1. The Balaban J connectivity index is 2.70. The highest BCUT2D eigenvalue weighted by Crippen LogP contribution is 2.10. The molecule has 0 aliphatic rings. The summed E-state index contributed by atoms with van der Waals surface area (Å²) in [6, 6.07) is -0.130. The molecule has 0 aliphatic carbocycles. The van der Waals surface area contributed by atoms with Crippen molar-refractivity contribution in [2.45, 2.75) is 13.0 Å². The molecule has 2 heterocycles. The number of nitrogens with one attached hydrogen (secondary N) is 1. The van der Waals surface area contributed by atoms with Crippen LogP contribution in [-0.4, -0.2) is 31.2 Å². The van der Waals surface area contributed by atoms with Crippen molar-refractivity contribution >= 4 is 11.2 Å². The summed E-state index contributed by atoms with van der Waals surface area (Å²) in [5, 5.41) is 8.97. The van der Waals surface area contributed by atoms with Gasteiger partial charge in [0.2, 0.25) is 0 Å². The molecule has 2 N–H and O–H groups in total. The smallest absolute Gasteiger partial charge is 0.278 e. The summed E-state index contributed by atoms with van der Waals surface area (Å²) >= 11 is 0. The molecule has 0 spiro atoms. The van der Waals surface area contributed by atoms with Crippen LogP contribution >= 0.6 is 0 Å². The molecule has 1 unspecified atom stereocenters. The molecule has 0 fully saturated rings. The highest BCUT2D eigenvalue weighted by Gasteiger charge is 2.10. The Bertz CT molecular complexity index is 501. The van der Waals surface area contributed by atoms with Gasteiger partial charge in [0.15, 0.2) is 11.2 Å². The van der Waals surface area contributed by atoms with Gasteiger partial charge < -0.3 is 14.7 Å². The third-order valence-corrected chi connectivity index (χ3v) is 2.10. The molecule has 0 amide bonds. The van der Waals surface area contributed by atoms with Gasteiger partial charge in [-0.2, -0.15) is 0 Å². The average molecular weight is 194 g/mol. The van der Waals surface area contributed by atoms with Crippen molar-refractivity contribution in [2.75, 3.05) is 6.61 Å². The minimum absolute atomic E-state index is 0.0139. The first kappa shape index (κ1) is 8.89. The van der Waals surface area contributed by atoms with Crippen LogP contribution in [0.2, 0.25) is 0 Å². The molecular formula is C8H10N4O2. The van der Waals surface area contributed by atoms with E-state index in [2.05, 4.69) is 15.0 Å². The van der Waals surface area contributed by atoms with Gasteiger partial charge in [-0.15, -0.1) is 0 Å². The predicted octanol–water partition coefficient (Wildman–Crippen LogP) is -0.327. The van der Waals surface area contributed by atoms with Crippen molar-refractivity contribution in [3.05, 3.63) is 23.0 Å². The second-order valence-corrected chi connectivity index (χ2v) is 3.09. The Kier molecular flexibility index (Phi) is 2.05. The summed E-state index contributed by atoms with van der Waals surface area (Å²) in [5.74, 6) is 0. The van der Waals surface area contributed by atoms with Crippen LogP contribution in [0.3, 0.4) is 0 Å². The molecule has 0 aliphatic heterocycles. The van der Waals surface area contributed by atoms with E-state index < -0.39 is 0 Å². The van der Waals surface area contributed by atoms with E-state index in [0.717, 1.165) is 0 Å². The zero-order chi connectivity index (χ0) is 10.1. The van der Waals surface area contributed by atoms with Gasteiger partial charge in [-0.3, -0.25) is 4.79 Å². The van der Waals surface area contributed by atoms with E-state index in [1.807, 2.05) is 6.92 Å². The van der Waals surface area contributed by atoms with Gasteiger partial charge in [0.05, 0.1) is 25.3 Å². The summed E-state index contributed by atoms with van der Waals surface area (Å²) in [6.07, 6.45) is 2.83. The number of aliphatic hydroxyl groups is 1. The lowest BCUT2D eigenvalue weighted by Crippen LogP contribution is -2.11. The summed E-state index contributed by atoms with van der Waals surface area (Å²) in [4.78, 5) is 21.6. The third-order valence-electron chi connectivity index (χ3n) is 2.10. The average Bonchev–Trinajstić information content (AvgIpc) is 2.62. The van der Waals surface area contributed by atoms with Crippen LogP contribution in [0.25, 0.3) is 11.2 Å². The fourth-order valence-electron chi connectivity index (χ4n) is 1.27. The van der Waals surface area contributed by atoms with Crippen LogP contribution in [-0.2, 0) is 0 Å². The van der Waals surface area contributed by atoms with Crippen LogP contribution in [0.1, 0.15) is 13.0 Å². The first-order chi connectivity index (χ1) is 6.74. The summed E-state index contributed by atoms with van der Waals surface area (Å²) < 4.78 is 1.67. The quantitative estimate of drug-likeness (QED) is 0.685. The number of fused-ring (bicyclic) bond motifs is 1. The molecule has 2 rings (SSSR count). The zero-order valence-electron chi connectivity index (χ0n) is 7.64. The van der Waals surface area contributed by atoms with Crippen molar-refractivity contribution in [1.82, 2.24) is 19.5 Å². The van der Waals surface area contributed by atoms with Gasteiger partial charge in [-0.25, -0.2) is 9.97 Å².